The number of pyridine rings is 1. The highest BCUT2D eigenvalue weighted by Crippen LogP contribution is 2.31. The SMILES string of the molecule is CCC(O)c1c(-c2ccc(C)cc2)nc2ccc(Br)cn12. The van der Waals surface area contributed by atoms with Gasteiger partial charge in [-0.3, -0.25) is 4.40 Å². The monoisotopic (exact) mass is 344 g/mol. The van der Waals surface area contributed by atoms with Gasteiger partial charge in [-0.1, -0.05) is 36.8 Å². The molecule has 2 heterocycles. The summed E-state index contributed by atoms with van der Waals surface area (Å²) in [5.74, 6) is 0. The highest BCUT2D eigenvalue weighted by atomic mass is 79.9. The smallest absolute Gasteiger partial charge is 0.137 e. The molecule has 3 aromatic rings. The molecule has 0 aliphatic rings. The van der Waals surface area contributed by atoms with E-state index in [-0.39, 0.29) is 0 Å². The number of hydrogen-bond acceptors (Lipinski definition) is 2. The minimum Gasteiger partial charge on any atom is -0.387 e. The van der Waals surface area contributed by atoms with E-state index < -0.39 is 6.10 Å². The maximum Gasteiger partial charge on any atom is 0.137 e. The van der Waals surface area contributed by atoms with Crippen LogP contribution in [0.15, 0.2) is 47.1 Å². The molecule has 0 bridgehead atoms. The van der Waals surface area contributed by atoms with Crippen LogP contribution in [0.4, 0.5) is 0 Å². The fourth-order valence-corrected chi connectivity index (χ4v) is 2.81. The maximum atomic E-state index is 10.4. The quantitative estimate of drug-likeness (QED) is 0.758. The third-order valence-electron chi connectivity index (χ3n) is 3.65. The summed E-state index contributed by atoms with van der Waals surface area (Å²) in [5, 5.41) is 10.4. The van der Waals surface area contributed by atoms with E-state index in [0.717, 1.165) is 27.1 Å². The second-order valence-electron chi connectivity index (χ2n) is 5.21. The molecule has 1 unspecified atom stereocenters. The number of aliphatic hydroxyl groups excluding tert-OH is 1. The minimum absolute atomic E-state index is 0.536. The van der Waals surface area contributed by atoms with E-state index in [1.54, 1.807) is 0 Å². The van der Waals surface area contributed by atoms with Crippen LogP contribution in [-0.4, -0.2) is 14.5 Å². The first-order valence-corrected chi connectivity index (χ1v) is 7.82. The summed E-state index contributed by atoms with van der Waals surface area (Å²) in [5.41, 5.74) is 4.78. The minimum atomic E-state index is -0.536. The van der Waals surface area contributed by atoms with Gasteiger partial charge < -0.3 is 5.11 Å². The topological polar surface area (TPSA) is 37.5 Å². The van der Waals surface area contributed by atoms with E-state index >= 15 is 0 Å². The molecule has 108 valence electrons. The van der Waals surface area contributed by atoms with E-state index in [1.165, 1.54) is 5.56 Å². The van der Waals surface area contributed by atoms with Crippen molar-refractivity contribution >= 4 is 21.6 Å². The maximum absolute atomic E-state index is 10.4. The molecule has 4 heteroatoms. The lowest BCUT2D eigenvalue weighted by atomic mass is 10.0. The van der Waals surface area contributed by atoms with Gasteiger partial charge in [0.1, 0.15) is 5.65 Å². The van der Waals surface area contributed by atoms with Crippen molar-refractivity contribution in [1.29, 1.82) is 0 Å². The molecule has 21 heavy (non-hydrogen) atoms. The van der Waals surface area contributed by atoms with Crippen molar-refractivity contribution in [3.05, 3.63) is 58.3 Å². The number of nitrogens with zero attached hydrogens (tertiary/aromatic N) is 2. The highest BCUT2D eigenvalue weighted by molar-refractivity contribution is 9.10. The van der Waals surface area contributed by atoms with E-state index in [0.29, 0.717) is 6.42 Å². The van der Waals surface area contributed by atoms with E-state index in [1.807, 2.05) is 29.7 Å². The summed E-state index contributed by atoms with van der Waals surface area (Å²) >= 11 is 3.48. The number of rotatable bonds is 3. The number of aromatic nitrogens is 2. The first kappa shape index (κ1) is 14.3. The fraction of sp³-hybridized carbons (Fsp3) is 0.235. The standard InChI is InChI=1S/C17H17BrN2O/c1-3-14(21)17-16(12-6-4-11(2)5-7-12)19-15-9-8-13(18)10-20(15)17/h4-10,14,21H,3H2,1-2H3. The van der Waals surface area contributed by atoms with Crippen LogP contribution in [0.25, 0.3) is 16.9 Å². The normalized spacial score (nSPS) is 12.8. The van der Waals surface area contributed by atoms with Gasteiger partial charge in [0.25, 0.3) is 0 Å². The summed E-state index contributed by atoms with van der Waals surface area (Å²) in [7, 11) is 0. The Hall–Kier alpha value is -1.65. The van der Waals surface area contributed by atoms with Crippen LogP contribution in [0.3, 0.4) is 0 Å². The second kappa shape index (κ2) is 5.62. The average Bonchev–Trinajstić information content (AvgIpc) is 2.85. The van der Waals surface area contributed by atoms with Crippen LogP contribution < -0.4 is 0 Å². The second-order valence-corrected chi connectivity index (χ2v) is 6.13. The molecule has 2 aromatic heterocycles. The predicted octanol–water partition coefficient (Wildman–Crippen LogP) is 4.52. The molecular formula is C17H17BrN2O. The first-order chi connectivity index (χ1) is 10.1. The van der Waals surface area contributed by atoms with Crippen LogP contribution in [-0.2, 0) is 0 Å². The Kier molecular flexibility index (Phi) is 3.83. The van der Waals surface area contributed by atoms with Gasteiger partial charge in [-0.25, -0.2) is 4.98 Å². The van der Waals surface area contributed by atoms with Crippen molar-refractivity contribution in [1.82, 2.24) is 9.38 Å². The summed E-state index contributed by atoms with van der Waals surface area (Å²) in [6, 6.07) is 12.2. The molecule has 1 N–H and O–H groups in total. The van der Waals surface area contributed by atoms with Crippen LogP contribution in [0.1, 0.15) is 30.7 Å². The molecule has 0 saturated heterocycles. The number of benzene rings is 1. The number of aliphatic hydroxyl groups is 1. The van der Waals surface area contributed by atoms with Crippen molar-refractivity contribution in [2.75, 3.05) is 0 Å². The van der Waals surface area contributed by atoms with Crippen LogP contribution in [0.5, 0.6) is 0 Å². The number of imidazole rings is 1. The number of aryl methyl sites for hydroxylation is 1. The zero-order chi connectivity index (χ0) is 15.0. The van der Waals surface area contributed by atoms with Crippen molar-refractivity contribution in [3.8, 4) is 11.3 Å². The van der Waals surface area contributed by atoms with E-state index in [4.69, 9.17) is 4.98 Å². The van der Waals surface area contributed by atoms with Crippen molar-refractivity contribution < 1.29 is 5.11 Å². The van der Waals surface area contributed by atoms with Gasteiger partial charge in [-0.2, -0.15) is 0 Å². The van der Waals surface area contributed by atoms with Crippen molar-refractivity contribution in [2.24, 2.45) is 0 Å². The zero-order valence-corrected chi connectivity index (χ0v) is 13.6. The highest BCUT2D eigenvalue weighted by Gasteiger charge is 2.19. The molecule has 1 atom stereocenters. The Balaban J connectivity index is 2.28. The molecule has 1 aromatic carbocycles. The van der Waals surface area contributed by atoms with Gasteiger partial charge in [0, 0.05) is 16.2 Å². The van der Waals surface area contributed by atoms with E-state index in [9.17, 15) is 5.11 Å². The molecule has 0 radical (unpaired) electrons. The molecular weight excluding hydrogens is 328 g/mol. The summed E-state index contributed by atoms with van der Waals surface area (Å²) < 4.78 is 2.93. The molecule has 0 spiro atoms. The van der Waals surface area contributed by atoms with Crippen LogP contribution in [0, 0.1) is 6.92 Å². The Labute approximate surface area is 132 Å². The van der Waals surface area contributed by atoms with E-state index in [2.05, 4.69) is 47.1 Å². The third-order valence-corrected chi connectivity index (χ3v) is 4.12. The molecule has 0 fully saturated rings. The summed E-state index contributed by atoms with van der Waals surface area (Å²) in [6.07, 6.45) is 2.07. The number of fused-ring (bicyclic) bond motifs is 1. The van der Waals surface area contributed by atoms with Gasteiger partial charge in [0.15, 0.2) is 0 Å². The first-order valence-electron chi connectivity index (χ1n) is 7.02. The van der Waals surface area contributed by atoms with Gasteiger partial charge in [0.05, 0.1) is 17.5 Å². The number of hydrogen-bond donors (Lipinski definition) is 1. The summed E-state index contributed by atoms with van der Waals surface area (Å²) in [6.45, 7) is 4.04. The lowest BCUT2D eigenvalue weighted by Crippen LogP contribution is -2.02. The number of halogens is 1. The van der Waals surface area contributed by atoms with Gasteiger partial charge in [0.2, 0.25) is 0 Å². The fourth-order valence-electron chi connectivity index (χ4n) is 2.47. The Bertz CT molecular complexity index is 777. The Morgan fingerprint density at radius 3 is 2.57 bits per heavy atom. The summed E-state index contributed by atoms with van der Waals surface area (Å²) in [4.78, 5) is 4.70. The Morgan fingerprint density at radius 2 is 1.90 bits per heavy atom. The average molecular weight is 345 g/mol. The van der Waals surface area contributed by atoms with Crippen LogP contribution >= 0.6 is 15.9 Å². The predicted molar refractivity (Wildman–Crippen MR) is 88.3 cm³/mol. The van der Waals surface area contributed by atoms with Gasteiger partial charge >= 0.3 is 0 Å². The van der Waals surface area contributed by atoms with Crippen LogP contribution in [0.2, 0.25) is 0 Å². The van der Waals surface area contributed by atoms with Crippen molar-refractivity contribution in [2.45, 2.75) is 26.4 Å². The van der Waals surface area contributed by atoms with Gasteiger partial charge in [-0.15, -0.1) is 0 Å². The third kappa shape index (κ3) is 2.61. The molecule has 0 amide bonds. The molecule has 0 saturated carbocycles. The lowest BCUT2D eigenvalue weighted by molar-refractivity contribution is 0.168. The zero-order valence-electron chi connectivity index (χ0n) is 12.0. The van der Waals surface area contributed by atoms with Crippen molar-refractivity contribution in [3.63, 3.8) is 0 Å². The largest absolute Gasteiger partial charge is 0.387 e. The molecule has 0 aliphatic carbocycles. The van der Waals surface area contributed by atoms with Gasteiger partial charge in [-0.05, 0) is 41.4 Å². The Morgan fingerprint density at radius 1 is 1.19 bits per heavy atom. The molecule has 3 nitrogen and oxygen atoms in total. The molecule has 0 aliphatic heterocycles. The lowest BCUT2D eigenvalue weighted by Gasteiger charge is -2.11. The molecule has 3 rings (SSSR count).